The third-order valence-corrected chi connectivity index (χ3v) is 2.72. The zero-order chi connectivity index (χ0) is 14.4. The Labute approximate surface area is 112 Å². The van der Waals surface area contributed by atoms with E-state index in [1.807, 2.05) is 25.9 Å². The summed E-state index contributed by atoms with van der Waals surface area (Å²) in [6, 6.07) is 3.05. The minimum Gasteiger partial charge on any atom is -0.481 e. The van der Waals surface area contributed by atoms with E-state index < -0.39 is 5.97 Å². The molecule has 1 heterocycles. The Morgan fingerprint density at radius 1 is 1.42 bits per heavy atom. The fourth-order valence-electron chi connectivity index (χ4n) is 1.56. The first-order chi connectivity index (χ1) is 8.93. The molecule has 1 rings (SSSR count). The van der Waals surface area contributed by atoms with Crippen molar-refractivity contribution in [3.05, 3.63) is 23.9 Å². The maximum Gasteiger partial charge on any atom is 0.305 e. The van der Waals surface area contributed by atoms with E-state index in [9.17, 15) is 9.59 Å². The number of hydrogen-bond donors (Lipinski definition) is 2. The highest BCUT2D eigenvalue weighted by atomic mass is 16.4. The number of rotatable bonds is 6. The first kappa shape index (κ1) is 14.9. The van der Waals surface area contributed by atoms with Crippen LogP contribution in [0.3, 0.4) is 0 Å². The molecule has 1 aromatic rings. The lowest BCUT2D eigenvalue weighted by Crippen LogP contribution is -2.36. The molecule has 19 heavy (non-hydrogen) atoms. The molecule has 1 aromatic heterocycles. The molecule has 1 atom stereocenters. The van der Waals surface area contributed by atoms with Gasteiger partial charge in [0.25, 0.3) is 5.91 Å². The molecule has 0 saturated carbocycles. The fraction of sp³-hybridized carbons (Fsp3) is 0.462. The Balaban J connectivity index is 2.69. The molecule has 104 valence electrons. The summed E-state index contributed by atoms with van der Waals surface area (Å²) in [5.41, 5.74) is 0.425. The predicted octanol–water partition coefficient (Wildman–Crippen LogP) is 1.13. The van der Waals surface area contributed by atoms with Gasteiger partial charge in [0.05, 0.1) is 12.0 Å². The molecule has 0 aliphatic rings. The third-order valence-electron chi connectivity index (χ3n) is 2.72. The van der Waals surface area contributed by atoms with Gasteiger partial charge in [0.1, 0.15) is 5.82 Å². The van der Waals surface area contributed by atoms with Gasteiger partial charge < -0.3 is 15.3 Å². The highest BCUT2D eigenvalue weighted by molar-refractivity contribution is 5.94. The molecule has 0 aromatic carbocycles. The van der Waals surface area contributed by atoms with E-state index in [1.54, 1.807) is 12.1 Å². The van der Waals surface area contributed by atoms with Gasteiger partial charge in [0, 0.05) is 26.3 Å². The van der Waals surface area contributed by atoms with Gasteiger partial charge in [-0.1, -0.05) is 6.92 Å². The molecule has 0 bridgehead atoms. The first-order valence-corrected chi connectivity index (χ1v) is 6.10. The quantitative estimate of drug-likeness (QED) is 0.805. The third kappa shape index (κ3) is 4.57. The fourth-order valence-corrected chi connectivity index (χ4v) is 1.56. The normalized spacial score (nSPS) is 11.7. The van der Waals surface area contributed by atoms with Crippen molar-refractivity contribution in [2.24, 2.45) is 0 Å². The number of amides is 1. The van der Waals surface area contributed by atoms with Gasteiger partial charge in [-0.15, -0.1) is 0 Å². The van der Waals surface area contributed by atoms with Gasteiger partial charge in [0.2, 0.25) is 0 Å². The van der Waals surface area contributed by atoms with Crippen LogP contribution in [0.4, 0.5) is 5.82 Å². The molecule has 1 amide bonds. The number of carbonyl (C=O) groups is 2. The van der Waals surface area contributed by atoms with E-state index in [-0.39, 0.29) is 18.4 Å². The molecule has 0 aliphatic heterocycles. The van der Waals surface area contributed by atoms with Gasteiger partial charge in [-0.3, -0.25) is 9.59 Å². The van der Waals surface area contributed by atoms with Crippen molar-refractivity contribution in [3.8, 4) is 0 Å². The summed E-state index contributed by atoms with van der Waals surface area (Å²) in [7, 11) is 3.73. The largest absolute Gasteiger partial charge is 0.481 e. The Morgan fingerprint density at radius 2 is 2.11 bits per heavy atom. The van der Waals surface area contributed by atoms with Crippen LogP contribution in [-0.2, 0) is 4.79 Å². The van der Waals surface area contributed by atoms with Gasteiger partial charge in [0.15, 0.2) is 0 Å². The van der Waals surface area contributed by atoms with Gasteiger partial charge in [-0.25, -0.2) is 4.98 Å². The van der Waals surface area contributed by atoms with Gasteiger partial charge >= 0.3 is 5.97 Å². The maximum absolute atomic E-state index is 11.9. The molecule has 1 unspecified atom stereocenters. The zero-order valence-electron chi connectivity index (χ0n) is 11.4. The highest BCUT2D eigenvalue weighted by Crippen LogP contribution is 2.08. The SMILES string of the molecule is CCC(CC(=O)O)NC(=O)c1ccc(N(C)C)nc1. The van der Waals surface area contributed by atoms with E-state index in [2.05, 4.69) is 10.3 Å². The van der Waals surface area contributed by atoms with Gasteiger partial charge in [-0.2, -0.15) is 0 Å². The summed E-state index contributed by atoms with van der Waals surface area (Å²) in [5, 5.41) is 11.4. The molecule has 0 saturated heterocycles. The van der Waals surface area contributed by atoms with E-state index in [0.29, 0.717) is 12.0 Å². The Kier molecular flexibility index (Phi) is 5.29. The van der Waals surface area contributed by atoms with E-state index in [1.165, 1.54) is 6.20 Å². The van der Waals surface area contributed by atoms with Crippen molar-refractivity contribution in [1.29, 1.82) is 0 Å². The molecule has 0 fully saturated rings. The van der Waals surface area contributed by atoms with Crippen LogP contribution in [-0.4, -0.2) is 42.1 Å². The summed E-state index contributed by atoms with van der Waals surface area (Å²) in [6.07, 6.45) is 1.98. The summed E-state index contributed by atoms with van der Waals surface area (Å²) >= 11 is 0. The second-order valence-electron chi connectivity index (χ2n) is 4.48. The van der Waals surface area contributed by atoms with E-state index in [4.69, 9.17) is 5.11 Å². The van der Waals surface area contributed by atoms with E-state index in [0.717, 1.165) is 5.82 Å². The Morgan fingerprint density at radius 3 is 2.53 bits per heavy atom. The zero-order valence-corrected chi connectivity index (χ0v) is 11.4. The van der Waals surface area contributed by atoms with Crippen LogP contribution in [0.1, 0.15) is 30.1 Å². The molecule has 0 aliphatic carbocycles. The number of aromatic nitrogens is 1. The van der Waals surface area contributed by atoms with Crippen molar-refractivity contribution >= 4 is 17.7 Å². The predicted molar refractivity (Wildman–Crippen MR) is 72.4 cm³/mol. The number of anilines is 1. The van der Waals surface area contributed by atoms with Crippen molar-refractivity contribution < 1.29 is 14.7 Å². The molecule has 0 radical (unpaired) electrons. The number of nitrogens with one attached hydrogen (secondary N) is 1. The molecule has 2 N–H and O–H groups in total. The topological polar surface area (TPSA) is 82.5 Å². The summed E-state index contributed by atoms with van der Waals surface area (Å²) in [4.78, 5) is 28.5. The minimum atomic E-state index is -0.923. The standard InChI is InChI=1S/C13H19N3O3/c1-4-10(7-12(17)18)15-13(19)9-5-6-11(14-8-9)16(2)3/h5-6,8,10H,4,7H2,1-3H3,(H,15,19)(H,17,18). The number of carbonyl (C=O) groups excluding carboxylic acids is 1. The van der Waals surface area contributed by atoms with Crippen LogP contribution in [0.25, 0.3) is 0 Å². The number of carboxylic acids is 1. The number of carboxylic acid groups (broad SMARTS) is 1. The summed E-state index contributed by atoms with van der Waals surface area (Å²) in [5.74, 6) is -0.465. The van der Waals surface area contributed by atoms with Crippen LogP contribution < -0.4 is 10.2 Å². The van der Waals surface area contributed by atoms with E-state index >= 15 is 0 Å². The van der Waals surface area contributed by atoms with Crippen LogP contribution in [0.5, 0.6) is 0 Å². The Hall–Kier alpha value is -2.11. The molecular formula is C13H19N3O3. The monoisotopic (exact) mass is 265 g/mol. The second-order valence-corrected chi connectivity index (χ2v) is 4.48. The number of nitrogens with zero attached hydrogens (tertiary/aromatic N) is 2. The lowest BCUT2D eigenvalue weighted by molar-refractivity contribution is -0.137. The van der Waals surface area contributed by atoms with Crippen LogP contribution in [0.2, 0.25) is 0 Å². The van der Waals surface area contributed by atoms with Crippen LogP contribution in [0, 0.1) is 0 Å². The van der Waals surface area contributed by atoms with Crippen LogP contribution >= 0.6 is 0 Å². The molecule has 6 heteroatoms. The average Bonchev–Trinajstić information content (AvgIpc) is 2.37. The van der Waals surface area contributed by atoms with Crippen molar-refractivity contribution in [3.63, 3.8) is 0 Å². The second kappa shape index (κ2) is 6.72. The number of aliphatic carboxylic acids is 1. The molecular weight excluding hydrogens is 246 g/mol. The lowest BCUT2D eigenvalue weighted by Gasteiger charge is -2.15. The number of hydrogen-bond acceptors (Lipinski definition) is 4. The van der Waals surface area contributed by atoms with Crippen LogP contribution in [0.15, 0.2) is 18.3 Å². The van der Waals surface area contributed by atoms with Crippen molar-refractivity contribution in [1.82, 2.24) is 10.3 Å². The Bertz CT molecular complexity index is 443. The van der Waals surface area contributed by atoms with Crippen molar-refractivity contribution in [2.45, 2.75) is 25.8 Å². The minimum absolute atomic E-state index is 0.0779. The van der Waals surface area contributed by atoms with Crippen molar-refractivity contribution in [2.75, 3.05) is 19.0 Å². The lowest BCUT2D eigenvalue weighted by atomic mass is 10.1. The molecule has 0 spiro atoms. The smallest absolute Gasteiger partial charge is 0.305 e. The summed E-state index contributed by atoms with van der Waals surface area (Å²) in [6.45, 7) is 1.83. The average molecular weight is 265 g/mol. The maximum atomic E-state index is 11.9. The highest BCUT2D eigenvalue weighted by Gasteiger charge is 2.15. The number of pyridine rings is 1. The first-order valence-electron chi connectivity index (χ1n) is 6.10. The van der Waals surface area contributed by atoms with Gasteiger partial charge in [-0.05, 0) is 18.6 Å². The molecule has 6 nitrogen and oxygen atoms in total. The summed E-state index contributed by atoms with van der Waals surface area (Å²) < 4.78 is 0.